The van der Waals surface area contributed by atoms with E-state index < -0.39 is 0 Å². The second kappa shape index (κ2) is 6.54. The third-order valence-corrected chi connectivity index (χ3v) is 3.70. The van der Waals surface area contributed by atoms with Gasteiger partial charge in [-0.25, -0.2) is 9.97 Å². The van der Waals surface area contributed by atoms with Crippen molar-refractivity contribution in [3.8, 4) is 17.0 Å². The number of aromatic nitrogens is 2. The van der Waals surface area contributed by atoms with E-state index in [9.17, 15) is 0 Å². The summed E-state index contributed by atoms with van der Waals surface area (Å²) in [4.78, 5) is 10.5. The highest BCUT2D eigenvalue weighted by Gasteiger charge is 2.10. The summed E-state index contributed by atoms with van der Waals surface area (Å²) in [5, 5.41) is 0. The highest BCUT2D eigenvalue weighted by atomic mass is 16.5. The van der Waals surface area contributed by atoms with Crippen molar-refractivity contribution in [1.29, 1.82) is 0 Å². The van der Waals surface area contributed by atoms with Gasteiger partial charge >= 0.3 is 0 Å². The van der Waals surface area contributed by atoms with Crippen LogP contribution in [0, 0.1) is 0 Å². The lowest BCUT2D eigenvalue weighted by molar-refractivity contribution is 0.238. The van der Waals surface area contributed by atoms with Crippen LogP contribution < -0.4 is 10.5 Å². The number of benzene rings is 1. The van der Waals surface area contributed by atoms with Gasteiger partial charge < -0.3 is 10.5 Å². The van der Waals surface area contributed by atoms with Crippen LogP contribution in [0.4, 0.5) is 5.95 Å². The lowest BCUT2D eigenvalue weighted by Gasteiger charge is -2.15. The molecule has 1 saturated heterocycles. The molecule has 1 aliphatic rings. The van der Waals surface area contributed by atoms with Gasteiger partial charge in [-0.2, -0.15) is 0 Å². The topological polar surface area (TPSA) is 64.3 Å². The van der Waals surface area contributed by atoms with Crippen molar-refractivity contribution < 1.29 is 4.74 Å². The number of hydrogen-bond donors (Lipinski definition) is 1. The molecule has 1 aromatic carbocycles. The normalized spacial score (nSPS) is 15.2. The Balaban J connectivity index is 1.56. The highest BCUT2D eigenvalue weighted by Crippen LogP contribution is 2.21. The molecule has 0 unspecified atom stereocenters. The molecule has 0 aliphatic carbocycles. The average molecular weight is 284 g/mol. The van der Waals surface area contributed by atoms with Gasteiger partial charge in [0, 0.05) is 18.3 Å². The molecule has 0 spiro atoms. The molecule has 2 heterocycles. The summed E-state index contributed by atoms with van der Waals surface area (Å²) in [6.45, 7) is 4.15. The first kappa shape index (κ1) is 13.8. The maximum absolute atomic E-state index is 5.78. The highest BCUT2D eigenvalue weighted by molar-refractivity contribution is 5.60. The zero-order chi connectivity index (χ0) is 14.5. The minimum Gasteiger partial charge on any atom is -0.492 e. The number of nitrogens with zero attached hydrogens (tertiary/aromatic N) is 3. The Morgan fingerprint density at radius 1 is 1.10 bits per heavy atom. The molecule has 110 valence electrons. The maximum atomic E-state index is 5.78. The quantitative estimate of drug-likeness (QED) is 0.912. The lowest BCUT2D eigenvalue weighted by atomic mass is 10.1. The molecule has 0 saturated carbocycles. The van der Waals surface area contributed by atoms with Crippen LogP contribution in [0.5, 0.6) is 5.75 Å². The van der Waals surface area contributed by atoms with Crippen LogP contribution in [0.1, 0.15) is 12.8 Å². The van der Waals surface area contributed by atoms with Crippen molar-refractivity contribution in [1.82, 2.24) is 14.9 Å². The molecule has 1 aromatic heterocycles. The second-order valence-corrected chi connectivity index (χ2v) is 5.22. The van der Waals surface area contributed by atoms with E-state index in [-0.39, 0.29) is 0 Å². The van der Waals surface area contributed by atoms with Crippen molar-refractivity contribution in [3.05, 3.63) is 36.5 Å². The lowest BCUT2D eigenvalue weighted by Crippen LogP contribution is -2.25. The summed E-state index contributed by atoms with van der Waals surface area (Å²) in [6, 6.07) is 9.77. The molecule has 5 heteroatoms. The first-order valence-electron chi connectivity index (χ1n) is 7.35. The average Bonchev–Trinajstić information content (AvgIpc) is 3.01. The summed E-state index contributed by atoms with van der Waals surface area (Å²) < 4.78 is 5.78. The minimum absolute atomic E-state index is 0.290. The van der Waals surface area contributed by atoms with Gasteiger partial charge in [0.1, 0.15) is 12.4 Å². The smallest absolute Gasteiger partial charge is 0.220 e. The third kappa shape index (κ3) is 3.70. The van der Waals surface area contributed by atoms with Crippen LogP contribution in [0.3, 0.4) is 0 Å². The molecule has 2 aromatic rings. The van der Waals surface area contributed by atoms with Gasteiger partial charge in [0.15, 0.2) is 0 Å². The molecule has 5 nitrogen and oxygen atoms in total. The van der Waals surface area contributed by atoms with Crippen LogP contribution in [-0.2, 0) is 0 Å². The number of nitrogens with two attached hydrogens (primary N) is 1. The SMILES string of the molecule is Nc1nccc(-c2ccc(OCCN3CCCC3)cc2)n1. The Kier molecular flexibility index (Phi) is 4.31. The van der Waals surface area contributed by atoms with Crippen LogP contribution in [0.2, 0.25) is 0 Å². The molecular formula is C16H20N4O. The van der Waals surface area contributed by atoms with Crippen LogP contribution in [-0.4, -0.2) is 41.1 Å². The van der Waals surface area contributed by atoms with Crippen LogP contribution >= 0.6 is 0 Å². The van der Waals surface area contributed by atoms with E-state index in [1.807, 2.05) is 30.3 Å². The zero-order valence-electron chi connectivity index (χ0n) is 12.0. The third-order valence-electron chi connectivity index (χ3n) is 3.70. The zero-order valence-corrected chi connectivity index (χ0v) is 12.0. The second-order valence-electron chi connectivity index (χ2n) is 5.22. The van der Waals surface area contributed by atoms with Gasteiger partial charge in [-0.05, 0) is 56.3 Å². The number of anilines is 1. The standard InChI is InChI=1S/C16H20N4O/c17-16-18-8-7-15(19-16)13-3-5-14(6-4-13)21-12-11-20-9-1-2-10-20/h3-8H,1-2,9-12H2,(H2,17,18,19). The molecule has 0 radical (unpaired) electrons. The predicted octanol–water partition coefficient (Wildman–Crippen LogP) is 2.20. The number of hydrogen-bond acceptors (Lipinski definition) is 5. The molecule has 2 N–H and O–H groups in total. The van der Waals surface area contributed by atoms with Gasteiger partial charge in [-0.15, -0.1) is 0 Å². The molecule has 1 fully saturated rings. The molecule has 1 aliphatic heterocycles. The van der Waals surface area contributed by atoms with E-state index in [0.29, 0.717) is 5.95 Å². The monoisotopic (exact) mass is 284 g/mol. The van der Waals surface area contributed by atoms with E-state index >= 15 is 0 Å². The van der Waals surface area contributed by atoms with Gasteiger partial charge in [0.05, 0.1) is 5.69 Å². The summed E-state index contributed by atoms with van der Waals surface area (Å²) >= 11 is 0. The first-order valence-corrected chi connectivity index (χ1v) is 7.35. The van der Waals surface area contributed by atoms with Crippen molar-refractivity contribution in [2.24, 2.45) is 0 Å². The van der Waals surface area contributed by atoms with E-state index in [1.165, 1.54) is 25.9 Å². The number of rotatable bonds is 5. The van der Waals surface area contributed by atoms with Crippen molar-refractivity contribution in [2.75, 3.05) is 32.0 Å². The molecule has 0 bridgehead atoms. The molecule has 21 heavy (non-hydrogen) atoms. The number of ether oxygens (including phenoxy) is 1. The molecule has 0 atom stereocenters. The molecule has 0 amide bonds. The summed E-state index contributed by atoms with van der Waals surface area (Å²) in [5.74, 6) is 1.18. The van der Waals surface area contributed by atoms with Gasteiger partial charge in [-0.3, -0.25) is 4.90 Å². The maximum Gasteiger partial charge on any atom is 0.220 e. The Bertz CT molecular complexity index is 579. The summed E-state index contributed by atoms with van der Waals surface area (Å²) in [6.07, 6.45) is 4.30. The molecular weight excluding hydrogens is 264 g/mol. The Morgan fingerprint density at radius 3 is 2.57 bits per heavy atom. The molecule has 3 rings (SSSR count). The Hall–Kier alpha value is -2.14. The van der Waals surface area contributed by atoms with Gasteiger partial charge in [0.2, 0.25) is 5.95 Å². The van der Waals surface area contributed by atoms with E-state index in [2.05, 4.69) is 14.9 Å². The first-order chi connectivity index (χ1) is 10.3. The van der Waals surface area contributed by atoms with E-state index in [4.69, 9.17) is 10.5 Å². The van der Waals surface area contributed by atoms with Crippen LogP contribution in [0.25, 0.3) is 11.3 Å². The summed E-state index contributed by atoms with van der Waals surface area (Å²) in [7, 11) is 0. The predicted molar refractivity (Wildman–Crippen MR) is 83.0 cm³/mol. The fourth-order valence-corrected chi connectivity index (χ4v) is 2.56. The fourth-order valence-electron chi connectivity index (χ4n) is 2.56. The largest absolute Gasteiger partial charge is 0.492 e. The van der Waals surface area contributed by atoms with E-state index in [1.54, 1.807) is 6.20 Å². The van der Waals surface area contributed by atoms with E-state index in [0.717, 1.165) is 30.2 Å². The minimum atomic E-state index is 0.290. The Morgan fingerprint density at radius 2 is 1.86 bits per heavy atom. The Labute approximate surface area is 124 Å². The van der Waals surface area contributed by atoms with Gasteiger partial charge in [0.25, 0.3) is 0 Å². The van der Waals surface area contributed by atoms with Gasteiger partial charge in [-0.1, -0.05) is 0 Å². The van der Waals surface area contributed by atoms with Crippen molar-refractivity contribution >= 4 is 5.95 Å². The van der Waals surface area contributed by atoms with Crippen molar-refractivity contribution in [3.63, 3.8) is 0 Å². The van der Waals surface area contributed by atoms with Crippen molar-refractivity contribution in [2.45, 2.75) is 12.8 Å². The summed E-state index contributed by atoms with van der Waals surface area (Å²) in [5.41, 5.74) is 7.44. The van der Waals surface area contributed by atoms with Crippen LogP contribution in [0.15, 0.2) is 36.5 Å². The fraction of sp³-hybridized carbons (Fsp3) is 0.375. The number of likely N-dealkylation sites (tertiary alicyclic amines) is 1. The number of nitrogen functional groups attached to an aromatic ring is 1.